The molecule has 0 bridgehead atoms. The Bertz CT molecular complexity index is 668. The summed E-state index contributed by atoms with van der Waals surface area (Å²) in [6.07, 6.45) is 3.12. The number of hydrogen-bond donors (Lipinski definition) is 1. The predicted molar refractivity (Wildman–Crippen MR) is 48.9 cm³/mol. The Labute approximate surface area is 77.2 Å². The van der Waals surface area contributed by atoms with Gasteiger partial charge in [-0.05, 0) is 12.1 Å². The number of nitrogens with one attached hydrogen (secondary N) is 1. The molecule has 14 heavy (non-hydrogen) atoms. The first kappa shape index (κ1) is 7.19. The molecule has 0 atom stereocenters. The average molecular weight is 187 g/mol. The first-order chi connectivity index (χ1) is 6.86. The molecule has 0 radical (unpaired) electrons. The van der Waals surface area contributed by atoms with Crippen LogP contribution in [0, 0.1) is 0 Å². The Kier molecular flexibility index (Phi) is 1.22. The second-order valence-corrected chi connectivity index (χ2v) is 2.85. The number of fused-ring (bicyclic) bond motifs is 3. The zero-order valence-corrected chi connectivity index (χ0v) is 7.01. The molecule has 0 aliphatic heterocycles. The van der Waals surface area contributed by atoms with Crippen LogP contribution in [0.3, 0.4) is 0 Å². The molecule has 6 heteroatoms. The second-order valence-electron chi connectivity index (χ2n) is 2.85. The van der Waals surface area contributed by atoms with E-state index in [1.807, 2.05) is 0 Å². The molecule has 0 amide bonds. The van der Waals surface area contributed by atoms with Crippen molar-refractivity contribution in [1.82, 2.24) is 24.6 Å². The molecule has 0 aliphatic rings. The number of pyridine rings is 1. The van der Waals surface area contributed by atoms with E-state index >= 15 is 0 Å². The number of aromatic nitrogens is 5. The normalized spacial score (nSPS) is 11.1. The molecule has 0 aliphatic carbocycles. The minimum Gasteiger partial charge on any atom is -0.316 e. The van der Waals surface area contributed by atoms with Gasteiger partial charge in [-0.25, -0.2) is 4.98 Å². The number of hydrogen-bond acceptors (Lipinski definition) is 4. The minimum absolute atomic E-state index is 0.260. The van der Waals surface area contributed by atoms with Gasteiger partial charge in [0.05, 0.1) is 5.52 Å². The van der Waals surface area contributed by atoms with E-state index in [0.29, 0.717) is 11.2 Å². The maximum atomic E-state index is 11.4. The molecule has 3 rings (SSSR count). The maximum Gasteiger partial charge on any atom is 0.294 e. The summed E-state index contributed by atoms with van der Waals surface area (Å²) in [4.78, 5) is 18.3. The zero-order valence-electron chi connectivity index (χ0n) is 7.01. The second kappa shape index (κ2) is 2.38. The van der Waals surface area contributed by atoms with Crippen molar-refractivity contribution in [3.8, 4) is 0 Å². The average Bonchev–Trinajstić information content (AvgIpc) is 2.67. The topological polar surface area (TPSA) is 75.9 Å². The molecule has 0 aromatic carbocycles. The van der Waals surface area contributed by atoms with Crippen LogP contribution in [0.1, 0.15) is 0 Å². The summed E-state index contributed by atoms with van der Waals surface area (Å²) < 4.78 is 1.56. The zero-order chi connectivity index (χ0) is 9.54. The summed E-state index contributed by atoms with van der Waals surface area (Å²) in [7, 11) is 0. The summed E-state index contributed by atoms with van der Waals surface area (Å²) in [5, 5.41) is 7.36. The molecule has 3 aromatic heterocycles. The predicted octanol–water partition coefficient (Wildman–Crippen LogP) is -0.0342. The highest BCUT2D eigenvalue weighted by Gasteiger charge is 2.05. The van der Waals surface area contributed by atoms with Crippen molar-refractivity contribution < 1.29 is 0 Å². The highest BCUT2D eigenvalue weighted by Crippen LogP contribution is 2.05. The lowest BCUT2D eigenvalue weighted by atomic mass is 10.4. The first-order valence-electron chi connectivity index (χ1n) is 4.03. The number of rotatable bonds is 0. The van der Waals surface area contributed by atoms with Gasteiger partial charge in [0.15, 0.2) is 5.65 Å². The lowest BCUT2D eigenvalue weighted by Crippen LogP contribution is -2.11. The van der Waals surface area contributed by atoms with E-state index < -0.39 is 0 Å². The highest BCUT2D eigenvalue weighted by molar-refractivity contribution is 5.72. The van der Waals surface area contributed by atoms with Crippen molar-refractivity contribution in [3.63, 3.8) is 0 Å². The molecule has 6 nitrogen and oxygen atoms in total. The SMILES string of the molecule is O=c1[nH]c2cccnc2n2cnnc12. The maximum absolute atomic E-state index is 11.4. The fourth-order valence-electron chi connectivity index (χ4n) is 1.41. The third kappa shape index (κ3) is 0.792. The molecule has 1 N–H and O–H groups in total. The van der Waals surface area contributed by atoms with E-state index in [4.69, 9.17) is 0 Å². The third-order valence-corrected chi connectivity index (χ3v) is 2.01. The Morgan fingerprint density at radius 1 is 1.36 bits per heavy atom. The minimum atomic E-state index is -0.261. The molecule has 0 saturated heterocycles. The van der Waals surface area contributed by atoms with E-state index in [1.165, 1.54) is 6.33 Å². The van der Waals surface area contributed by atoms with Crippen LogP contribution < -0.4 is 5.56 Å². The van der Waals surface area contributed by atoms with E-state index in [0.717, 1.165) is 0 Å². The molecule has 0 saturated carbocycles. The fourth-order valence-corrected chi connectivity index (χ4v) is 1.41. The van der Waals surface area contributed by atoms with Crippen molar-refractivity contribution in [2.24, 2.45) is 0 Å². The molecule has 0 fully saturated rings. The van der Waals surface area contributed by atoms with Gasteiger partial charge >= 0.3 is 0 Å². The van der Waals surface area contributed by atoms with Crippen LogP contribution >= 0.6 is 0 Å². The Hall–Kier alpha value is -2.24. The largest absolute Gasteiger partial charge is 0.316 e. The van der Waals surface area contributed by atoms with E-state index in [-0.39, 0.29) is 11.2 Å². The van der Waals surface area contributed by atoms with E-state index in [1.54, 1.807) is 22.7 Å². The summed E-state index contributed by atoms with van der Waals surface area (Å²) in [5.41, 5.74) is 1.32. The molecule has 0 spiro atoms. The van der Waals surface area contributed by atoms with Crippen LogP contribution in [0.15, 0.2) is 29.5 Å². The van der Waals surface area contributed by atoms with Gasteiger partial charge in [-0.1, -0.05) is 0 Å². The first-order valence-corrected chi connectivity index (χ1v) is 4.03. The van der Waals surface area contributed by atoms with E-state index in [9.17, 15) is 4.79 Å². The fraction of sp³-hybridized carbons (Fsp3) is 0. The summed E-state index contributed by atoms with van der Waals surface area (Å²) >= 11 is 0. The Balaban J connectivity index is 2.73. The third-order valence-electron chi connectivity index (χ3n) is 2.01. The van der Waals surface area contributed by atoms with Crippen LogP contribution in [-0.4, -0.2) is 24.6 Å². The van der Waals surface area contributed by atoms with Gasteiger partial charge in [0.1, 0.15) is 6.33 Å². The van der Waals surface area contributed by atoms with E-state index in [2.05, 4.69) is 20.2 Å². The quantitative estimate of drug-likeness (QED) is 0.536. The molecular formula is C8H5N5O. The molecule has 68 valence electrons. The van der Waals surface area contributed by atoms with Gasteiger partial charge in [0, 0.05) is 6.20 Å². The number of H-pyrrole nitrogens is 1. The van der Waals surface area contributed by atoms with Gasteiger partial charge in [0.25, 0.3) is 5.56 Å². The molecule has 3 heterocycles. The van der Waals surface area contributed by atoms with Gasteiger partial charge in [0.2, 0.25) is 5.65 Å². The van der Waals surface area contributed by atoms with Gasteiger partial charge < -0.3 is 4.98 Å². The van der Waals surface area contributed by atoms with Crippen molar-refractivity contribution >= 4 is 16.8 Å². The van der Waals surface area contributed by atoms with Crippen LogP contribution in [0.25, 0.3) is 16.8 Å². The highest BCUT2D eigenvalue weighted by atomic mass is 16.1. The van der Waals surface area contributed by atoms with Crippen LogP contribution in [0.2, 0.25) is 0 Å². The molecular weight excluding hydrogens is 182 g/mol. The monoisotopic (exact) mass is 187 g/mol. The van der Waals surface area contributed by atoms with Gasteiger partial charge in [-0.2, -0.15) is 0 Å². The van der Waals surface area contributed by atoms with Crippen molar-refractivity contribution in [1.29, 1.82) is 0 Å². The van der Waals surface area contributed by atoms with Crippen molar-refractivity contribution in [2.45, 2.75) is 0 Å². The van der Waals surface area contributed by atoms with Crippen LogP contribution in [-0.2, 0) is 0 Å². The Morgan fingerprint density at radius 2 is 2.29 bits per heavy atom. The lowest BCUT2D eigenvalue weighted by molar-refractivity contribution is 1.10. The van der Waals surface area contributed by atoms with Crippen LogP contribution in [0.4, 0.5) is 0 Å². The summed E-state index contributed by atoms with van der Waals surface area (Å²) in [5.74, 6) is 0. The van der Waals surface area contributed by atoms with Crippen molar-refractivity contribution in [3.05, 3.63) is 35.0 Å². The van der Waals surface area contributed by atoms with Crippen molar-refractivity contribution in [2.75, 3.05) is 0 Å². The lowest BCUT2D eigenvalue weighted by Gasteiger charge is -1.97. The molecule has 0 unspecified atom stereocenters. The smallest absolute Gasteiger partial charge is 0.294 e. The Morgan fingerprint density at radius 3 is 3.21 bits per heavy atom. The van der Waals surface area contributed by atoms with Gasteiger partial charge in [-0.3, -0.25) is 9.20 Å². The number of aromatic amines is 1. The summed E-state index contributed by atoms with van der Waals surface area (Å²) in [6, 6.07) is 3.54. The van der Waals surface area contributed by atoms with Crippen LogP contribution in [0.5, 0.6) is 0 Å². The molecule has 3 aromatic rings. The summed E-state index contributed by atoms with van der Waals surface area (Å²) in [6.45, 7) is 0. The number of nitrogens with zero attached hydrogens (tertiary/aromatic N) is 4. The standard InChI is InChI=1S/C8H5N5O/c14-8-7-12-10-4-13(7)6-5(11-8)2-1-3-9-6/h1-4H,(H,11,14). The van der Waals surface area contributed by atoms with Gasteiger partial charge in [-0.15, -0.1) is 10.2 Å².